The van der Waals surface area contributed by atoms with Crippen molar-refractivity contribution in [2.24, 2.45) is 5.41 Å². The van der Waals surface area contributed by atoms with Gasteiger partial charge in [-0.15, -0.1) is 0 Å². The molecule has 1 N–H and O–H groups in total. The van der Waals surface area contributed by atoms with Crippen LogP contribution in [0.25, 0.3) is 0 Å². The lowest BCUT2D eigenvalue weighted by Gasteiger charge is -2.24. The molecule has 1 unspecified atom stereocenters. The first-order valence-electron chi connectivity index (χ1n) is 5.24. The smallest absolute Gasteiger partial charge is 0.226 e. The molecular weight excluding hydrogens is 178 g/mol. The van der Waals surface area contributed by atoms with Gasteiger partial charge in [0.05, 0.1) is 18.1 Å². The lowest BCUT2D eigenvalue weighted by molar-refractivity contribution is -0.130. The van der Waals surface area contributed by atoms with E-state index >= 15 is 0 Å². The van der Waals surface area contributed by atoms with Gasteiger partial charge < -0.3 is 10.1 Å². The Labute approximate surface area is 84.5 Å². The summed E-state index contributed by atoms with van der Waals surface area (Å²) in [5.74, 6) is 0.179. The highest BCUT2D eigenvalue weighted by molar-refractivity contribution is 5.83. The van der Waals surface area contributed by atoms with Crippen LogP contribution in [0.4, 0.5) is 0 Å². The molecule has 14 heavy (non-hydrogen) atoms. The zero-order valence-corrected chi connectivity index (χ0v) is 8.58. The number of rotatable bonds is 2. The van der Waals surface area contributed by atoms with Gasteiger partial charge >= 0.3 is 0 Å². The third kappa shape index (κ3) is 1.82. The van der Waals surface area contributed by atoms with E-state index in [0.29, 0.717) is 6.61 Å². The van der Waals surface area contributed by atoms with Crippen molar-refractivity contribution >= 4 is 5.91 Å². The van der Waals surface area contributed by atoms with E-state index in [4.69, 9.17) is 4.74 Å². The lowest BCUT2D eigenvalue weighted by atomic mass is 9.86. The van der Waals surface area contributed by atoms with E-state index in [9.17, 15) is 4.79 Å². The van der Waals surface area contributed by atoms with Crippen molar-refractivity contribution in [1.29, 1.82) is 0 Å². The van der Waals surface area contributed by atoms with Gasteiger partial charge in [0.2, 0.25) is 5.91 Å². The fraction of sp³-hybridized carbons (Fsp3) is 0.727. The Morgan fingerprint density at radius 2 is 2.21 bits per heavy atom. The number of ether oxygens (including phenoxy) is 1. The van der Waals surface area contributed by atoms with Gasteiger partial charge in [-0.2, -0.15) is 0 Å². The van der Waals surface area contributed by atoms with Gasteiger partial charge in [0, 0.05) is 6.61 Å². The van der Waals surface area contributed by atoms with E-state index in [0.717, 1.165) is 25.9 Å². The van der Waals surface area contributed by atoms with E-state index in [2.05, 4.69) is 17.5 Å². The van der Waals surface area contributed by atoms with Crippen LogP contribution in [0, 0.1) is 5.41 Å². The molecule has 2 aliphatic rings. The van der Waals surface area contributed by atoms with Gasteiger partial charge in [-0.1, -0.05) is 19.1 Å². The first kappa shape index (κ1) is 9.71. The highest BCUT2D eigenvalue weighted by Crippen LogP contribution is 2.32. The number of hydrogen-bond donors (Lipinski definition) is 1. The topological polar surface area (TPSA) is 38.3 Å². The summed E-state index contributed by atoms with van der Waals surface area (Å²) in [6, 6.07) is 0.236. The molecule has 1 saturated heterocycles. The molecule has 1 fully saturated rings. The van der Waals surface area contributed by atoms with Crippen LogP contribution in [-0.2, 0) is 9.53 Å². The van der Waals surface area contributed by atoms with Crippen molar-refractivity contribution < 1.29 is 9.53 Å². The van der Waals surface area contributed by atoms with Crippen LogP contribution < -0.4 is 5.32 Å². The zero-order valence-electron chi connectivity index (χ0n) is 8.58. The summed E-state index contributed by atoms with van der Waals surface area (Å²) < 4.78 is 5.22. The van der Waals surface area contributed by atoms with E-state index in [1.807, 2.05) is 6.92 Å². The molecule has 2 rings (SSSR count). The largest absolute Gasteiger partial charge is 0.379 e. The summed E-state index contributed by atoms with van der Waals surface area (Å²) in [6.07, 6.45) is 6.86. The maximum atomic E-state index is 11.9. The number of carbonyl (C=O) groups excluding carboxylic acids is 1. The van der Waals surface area contributed by atoms with Crippen molar-refractivity contribution in [3.8, 4) is 0 Å². The van der Waals surface area contributed by atoms with Gasteiger partial charge in [-0.3, -0.25) is 4.79 Å². The maximum Gasteiger partial charge on any atom is 0.226 e. The van der Waals surface area contributed by atoms with E-state index in [1.165, 1.54) is 0 Å². The highest BCUT2D eigenvalue weighted by Gasteiger charge is 2.35. The summed E-state index contributed by atoms with van der Waals surface area (Å²) in [4.78, 5) is 11.9. The maximum absolute atomic E-state index is 11.9. The van der Waals surface area contributed by atoms with Crippen LogP contribution in [0.2, 0.25) is 0 Å². The highest BCUT2D eigenvalue weighted by atomic mass is 16.5. The van der Waals surface area contributed by atoms with Crippen LogP contribution in [0.5, 0.6) is 0 Å². The Hall–Kier alpha value is -0.830. The standard InChI is InChI=1S/C11H17NO2/c1-11(5-2-3-6-11)10(13)12-9-4-7-14-8-9/h2-3,9H,4-8H2,1H3,(H,12,13). The Morgan fingerprint density at radius 1 is 1.50 bits per heavy atom. The molecule has 1 aliphatic heterocycles. The minimum Gasteiger partial charge on any atom is -0.379 e. The van der Waals surface area contributed by atoms with Crippen molar-refractivity contribution in [3.63, 3.8) is 0 Å². The Kier molecular flexibility index (Phi) is 2.59. The summed E-state index contributed by atoms with van der Waals surface area (Å²) in [5.41, 5.74) is -0.206. The molecule has 78 valence electrons. The SMILES string of the molecule is CC1(C(=O)NC2CCOC2)CC=CC1. The molecule has 1 aliphatic carbocycles. The number of allylic oxidation sites excluding steroid dienone is 2. The molecule has 0 radical (unpaired) electrons. The normalized spacial score (nSPS) is 29.4. The summed E-state index contributed by atoms with van der Waals surface area (Å²) in [6.45, 7) is 3.48. The molecule has 0 aromatic rings. The first-order chi connectivity index (χ1) is 6.71. The van der Waals surface area contributed by atoms with Gasteiger partial charge in [-0.25, -0.2) is 0 Å². The second-order valence-electron chi connectivity index (χ2n) is 4.47. The number of carbonyl (C=O) groups is 1. The van der Waals surface area contributed by atoms with Gasteiger partial charge in [0.1, 0.15) is 0 Å². The fourth-order valence-electron chi connectivity index (χ4n) is 1.96. The van der Waals surface area contributed by atoms with Crippen LogP contribution in [-0.4, -0.2) is 25.2 Å². The van der Waals surface area contributed by atoms with Gasteiger partial charge in [0.25, 0.3) is 0 Å². The second kappa shape index (κ2) is 3.73. The second-order valence-corrected chi connectivity index (χ2v) is 4.47. The predicted octanol–water partition coefficient (Wildman–Crippen LogP) is 1.25. The van der Waals surface area contributed by atoms with E-state index < -0.39 is 0 Å². The third-order valence-electron chi connectivity index (χ3n) is 3.12. The van der Waals surface area contributed by atoms with Gasteiger partial charge in [0.15, 0.2) is 0 Å². The number of hydrogen-bond acceptors (Lipinski definition) is 2. The number of amides is 1. The summed E-state index contributed by atoms with van der Waals surface area (Å²) in [5, 5.41) is 3.06. The molecular formula is C11H17NO2. The number of nitrogens with one attached hydrogen (secondary N) is 1. The van der Waals surface area contributed by atoms with E-state index in [1.54, 1.807) is 0 Å². The molecule has 3 nitrogen and oxygen atoms in total. The monoisotopic (exact) mass is 195 g/mol. The molecule has 1 heterocycles. The molecule has 1 amide bonds. The molecule has 0 aromatic carbocycles. The van der Waals surface area contributed by atoms with E-state index in [-0.39, 0.29) is 17.4 Å². The van der Waals surface area contributed by atoms with Crippen LogP contribution >= 0.6 is 0 Å². The molecule has 0 bridgehead atoms. The van der Waals surface area contributed by atoms with Gasteiger partial charge in [-0.05, 0) is 19.3 Å². The average molecular weight is 195 g/mol. The fourth-order valence-corrected chi connectivity index (χ4v) is 1.96. The summed E-state index contributed by atoms with van der Waals surface area (Å²) >= 11 is 0. The molecule has 1 atom stereocenters. The van der Waals surface area contributed by atoms with Crippen LogP contribution in [0.15, 0.2) is 12.2 Å². The minimum absolute atomic E-state index is 0.179. The minimum atomic E-state index is -0.206. The zero-order chi connectivity index (χ0) is 10.0. The Balaban J connectivity index is 1.88. The summed E-state index contributed by atoms with van der Waals surface area (Å²) in [7, 11) is 0. The van der Waals surface area contributed by atoms with Crippen molar-refractivity contribution in [1.82, 2.24) is 5.32 Å². The Bertz CT molecular complexity index is 246. The molecule has 0 aromatic heterocycles. The average Bonchev–Trinajstić information content (AvgIpc) is 2.76. The molecule has 0 spiro atoms. The van der Waals surface area contributed by atoms with Crippen molar-refractivity contribution in [2.75, 3.05) is 13.2 Å². The van der Waals surface area contributed by atoms with Crippen LogP contribution in [0.1, 0.15) is 26.2 Å². The lowest BCUT2D eigenvalue weighted by Crippen LogP contribution is -2.43. The van der Waals surface area contributed by atoms with Crippen molar-refractivity contribution in [2.45, 2.75) is 32.2 Å². The first-order valence-corrected chi connectivity index (χ1v) is 5.24. The third-order valence-corrected chi connectivity index (χ3v) is 3.12. The quantitative estimate of drug-likeness (QED) is 0.673. The Morgan fingerprint density at radius 3 is 2.79 bits per heavy atom. The van der Waals surface area contributed by atoms with Crippen molar-refractivity contribution in [3.05, 3.63) is 12.2 Å². The predicted molar refractivity (Wildman–Crippen MR) is 53.8 cm³/mol. The molecule has 3 heteroatoms. The molecule has 0 saturated carbocycles. The van der Waals surface area contributed by atoms with Crippen LogP contribution in [0.3, 0.4) is 0 Å².